The lowest BCUT2D eigenvalue weighted by Crippen LogP contribution is -2.09. The van der Waals surface area contributed by atoms with Crippen molar-refractivity contribution in [1.29, 1.82) is 0 Å². The summed E-state index contributed by atoms with van der Waals surface area (Å²) >= 11 is 6.55. The summed E-state index contributed by atoms with van der Waals surface area (Å²) in [5, 5.41) is 10.4. The third-order valence-corrected chi connectivity index (χ3v) is 3.79. The predicted octanol–water partition coefficient (Wildman–Crippen LogP) is 4.72. The van der Waals surface area contributed by atoms with E-state index in [-0.39, 0.29) is 10.1 Å². The second-order valence-electron chi connectivity index (χ2n) is 3.84. The first-order valence-electron chi connectivity index (χ1n) is 5.34. The number of non-ortho nitro benzene ring substituents is 1. The molecule has 0 fully saturated rings. The number of nitro groups is 1. The average molecular weight is 314 g/mol. The fourth-order valence-corrected chi connectivity index (χ4v) is 2.96. The van der Waals surface area contributed by atoms with Gasteiger partial charge in [0, 0.05) is 28.2 Å². The molecule has 1 unspecified atom stereocenters. The summed E-state index contributed by atoms with van der Waals surface area (Å²) in [5.74, 6) is 0.350. The minimum absolute atomic E-state index is 0.0179. The molecule has 0 saturated heterocycles. The molecule has 1 atom stereocenters. The van der Waals surface area contributed by atoms with Crippen LogP contribution >= 0.6 is 23.4 Å². The molecule has 0 aliphatic rings. The Hall–Kier alpha value is -0.950. The molecule has 0 amide bonds. The summed E-state index contributed by atoms with van der Waals surface area (Å²) in [5.41, 5.74) is -1.55. The summed E-state index contributed by atoms with van der Waals surface area (Å²) in [6, 6.07) is 2.77. The maximum Gasteiger partial charge on any atom is 0.417 e. The van der Waals surface area contributed by atoms with Gasteiger partial charge >= 0.3 is 6.18 Å². The van der Waals surface area contributed by atoms with Crippen LogP contribution in [-0.2, 0) is 6.18 Å². The Morgan fingerprint density at radius 2 is 2.11 bits per heavy atom. The van der Waals surface area contributed by atoms with Crippen LogP contribution in [0.4, 0.5) is 18.9 Å². The Kier molecular flexibility index (Phi) is 5.49. The first-order valence-corrected chi connectivity index (χ1v) is 6.75. The highest BCUT2D eigenvalue weighted by Gasteiger charge is 2.35. The van der Waals surface area contributed by atoms with Gasteiger partial charge in [-0.1, -0.05) is 6.92 Å². The van der Waals surface area contributed by atoms with Crippen LogP contribution in [0.2, 0.25) is 0 Å². The highest BCUT2D eigenvalue weighted by molar-refractivity contribution is 8.00. The van der Waals surface area contributed by atoms with Gasteiger partial charge in [0.25, 0.3) is 5.69 Å². The lowest BCUT2D eigenvalue weighted by Gasteiger charge is -2.15. The lowest BCUT2D eigenvalue weighted by atomic mass is 10.2. The van der Waals surface area contributed by atoms with Crippen LogP contribution in [0.5, 0.6) is 0 Å². The van der Waals surface area contributed by atoms with Gasteiger partial charge in [-0.15, -0.1) is 23.4 Å². The third kappa shape index (κ3) is 4.58. The fraction of sp³-hybridized carbons (Fsp3) is 0.455. The van der Waals surface area contributed by atoms with Gasteiger partial charge in [0.15, 0.2) is 0 Å². The van der Waals surface area contributed by atoms with Crippen LogP contribution in [0.3, 0.4) is 0 Å². The number of alkyl halides is 4. The van der Waals surface area contributed by atoms with Crippen molar-refractivity contribution in [3.05, 3.63) is 33.9 Å². The van der Waals surface area contributed by atoms with Crippen molar-refractivity contribution < 1.29 is 18.1 Å². The topological polar surface area (TPSA) is 43.1 Å². The van der Waals surface area contributed by atoms with E-state index in [1.54, 1.807) is 6.92 Å². The number of benzene rings is 1. The predicted molar refractivity (Wildman–Crippen MR) is 68.8 cm³/mol. The SMILES string of the molecule is CC(CCCl)Sc1ccc([N+](=O)[O-])cc1C(F)(F)F. The monoisotopic (exact) mass is 313 g/mol. The third-order valence-electron chi connectivity index (χ3n) is 2.32. The number of rotatable bonds is 5. The van der Waals surface area contributed by atoms with Crippen LogP contribution in [0.25, 0.3) is 0 Å². The molecule has 0 aliphatic carbocycles. The maximum absolute atomic E-state index is 12.9. The number of hydrogen-bond acceptors (Lipinski definition) is 3. The molecule has 0 spiro atoms. The molecule has 3 nitrogen and oxygen atoms in total. The molecule has 0 saturated carbocycles. The summed E-state index contributed by atoms with van der Waals surface area (Å²) in [4.78, 5) is 9.67. The highest BCUT2D eigenvalue weighted by atomic mass is 35.5. The molecule has 8 heteroatoms. The normalized spacial score (nSPS) is 13.3. The molecule has 0 bridgehead atoms. The van der Waals surface area contributed by atoms with Crippen molar-refractivity contribution >= 4 is 29.1 Å². The van der Waals surface area contributed by atoms with Gasteiger partial charge < -0.3 is 0 Å². The van der Waals surface area contributed by atoms with Crippen molar-refractivity contribution in [3.8, 4) is 0 Å². The molecule has 0 N–H and O–H groups in total. The number of hydrogen-bond donors (Lipinski definition) is 0. The first-order chi connectivity index (χ1) is 8.75. The Morgan fingerprint density at radius 3 is 2.58 bits per heavy atom. The molecule has 0 aromatic heterocycles. The first kappa shape index (κ1) is 16.1. The summed E-state index contributed by atoms with van der Waals surface area (Å²) < 4.78 is 38.6. The zero-order chi connectivity index (χ0) is 14.6. The minimum atomic E-state index is -4.62. The summed E-state index contributed by atoms with van der Waals surface area (Å²) in [6.07, 6.45) is -4.06. The Morgan fingerprint density at radius 1 is 1.47 bits per heavy atom. The van der Waals surface area contributed by atoms with E-state index in [1.165, 1.54) is 0 Å². The fourth-order valence-electron chi connectivity index (χ4n) is 1.39. The summed E-state index contributed by atoms with van der Waals surface area (Å²) in [6.45, 7) is 1.76. The Bertz CT molecular complexity index is 468. The van der Waals surface area contributed by atoms with Crippen molar-refractivity contribution in [2.45, 2.75) is 29.7 Å². The maximum atomic E-state index is 12.9. The molecular formula is C11H11ClF3NO2S. The lowest BCUT2D eigenvalue weighted by molar-refractivity contribution is -0.385. The second-order valence-corrected chi connectivity index (χ2v) is 5.70. The minimum Gasteiger partial charge on any atom is -0.258 e. The van der Waals surface area contributed by atoms with E-state index in [9.17, 15) is 23.3 Å². The van der Waals surface area contributed by atoms with Gasteiger partial charge in [-0.2, -0.15) is 13.2 Å². The number of nitrogens with zero attached hydrogens (tertiary/aromatic N) is 1. The van der Waals surface area contributed by atoms with E-state index in [2.05, 4.69) is 0 Å². The van der Waals surface area contributed by atoms with Gasteiger partial charge in [-0.05, 0) is 12.5 Å². The van der Waals surface area contributed by atoms with E-state index >= 15 is 0 Å². The van der Waals surface area contributed by atoms with Crippen LogP contribution in [0.1, 0.15) is 18.9 Å². The largest absolute Gasteiger partial charge is 0.417 e. The average Bonchev–Trinajstić information content (AvgIpc) is 2.27. The molecule has 0 radical (unpaired) electrons. The highest BCUT2D eigenvalue weighted by Crippen LogP contribution is 2.40. The smallest absolute Gasteiger partial charge is 0.258 e. The molecule has 1 aromatic carbocycles. The van der Waals surface area contributed by atoms with Gasteiger partial charge in [0.2, 0.25) is 0 Å². The van der Waals surface area contributed by atoms with Gasteiger partial charge in [0.05, 0.1) is 10.5 Å². The second kappa shape index (κ2) is 6.47. The Labute approximate surface area is 117 Å². The van der Waals surface area contributed by atoms with Crippen molar-refractivity contribution in [3.63, 3.8) is 0 Å². The van der Waals surface area contributed by atoms with Crippen molar-refractivity contribution in [1.82, 2.24) is 0 Å². The van der Waals surface area contributed by atoms with Crippen LogP contribution < -0.4 is 0 Å². The zero-order valence-electron chi connectivity index (χ0n) is 9.91. The number of thioether (sulfide) groups is 1. The number of nitro benzene ring substituents is 1. The summed E-state index contributed by atoms with van der Waals surface area (Å²) in [7, 11) is 0. The Balaban J connectivity index is 3.13. The van der Waals surface area contributed by atoms with E-state index in [0.717, 1.165) is 23.9 Å². The van der Waals surface area contributed by atoms with Crippen molar-refractivity contribution in [2.75, 3.05) is 5.88 Å². The zero-order valence-corrected chi connectivity index (χ0v) is 11.5. The van der Waals surface area contributed by atoms with Gasteiger partial charge in [-0.25, -0.2) is 0 Å². The molecule has 1 rings (SSSR count). The van der Waals surface area contributed by atoms with E-state index < -0.39 is 22.4 Å². The van der Waals surface area contributed by atoms with E-state index in [4.69, 9.17) is 11.6 Å². The molecule has 1 aromatic rings. The van der Waals surface area contributed by atoms with Crippen LogP contribution in [-0.4, -0.2) is 16.1 Å². The standard InChI is InChI=1S/C11H11ClF3NO2S/c1-7(4-5-12)19-10-3-2-8(16(17)18)6-9(10)11(13,14)15/h2-3,6-7H,4-5H2,1H3. The van der Waals surface area contributed by atoms with E-state index in [0.29, 0.717) is 18.4 Å². The van der Waals surface area contributed by atoms with Gasteiger partial charge in [-0.3, -0.25) is 10.1 Å². The molecule has 0 aliphatic heterocycles. The molecule has 106 valence electrons. The van der Waals surface area contributed by atoms with Crippen LogP contribution in [0, 0.1) is 10.1 Å². The molecule has 0 heterocycles. The van der Waals surface area contributed by atoms with E-state index in [1.807, 2.05) is 0 Å². The van der Waals surface area contributed by atoms with Crippen LogP contribution in [0.15, 0.2) is 23.1 Å². The van der Waals surface area contributed by atoms with Gasteiger partial charge in [0.1, 0.15) is 0 Å². The molecule has 19 heavy (non-hydrogen) atoms. The number of halogens is 4. The quantitative estimate of drug-likeness (QED) is 0.342. The molecular weight excluding hydrogens is 303 g/mol. The van der Waals surface area contributed by atoms with Crippen molar-refractivity contribution in [2.24, 2.45) is 0 Å².